The Hall–Kier alpha value is -2.63. The molecule has 0 atom stereocenters. The molecule has 0 bridgehead atoms. The van der Waals surface area contributed by atoms with E-state index in [0.717, 1.165) is 38.1 Å². The molecule has 0 saturated carbocycles. The molecule has 24 heavy (non-hydrogen) atoms. The van der Waals surface area contributed by atoms with Crippen LogP contribution in [0.4, 0.5) is 0 Å². The number of piperidine rings is 1. The molecule has 1 amide bonds. The zero-order valence-electron chi connectivity index (χ0n) is 13.8. The van der Waals surface area contributed by atoms with Crippen LogP contribution in [0.3, 0.4) is 0 Å². The van der Waals surface area contributed by atoms with Crippen LogP contribution >= 0.6 is 0 Å². The predicted molar refractivity (Wildman–Crippen MR) is 91.9 cm³/mol. The number of amides is 1. The number of carbonyl (C=O) groups excluding carboxylic acids is 1. The number of aromatic nitrogens is 4. The van der Waals surface area contributed by atoms with E-state index in [0.29, 0.717) is 11.5 Å². The van der Waals surface area contributed by atoms with E-state index >= 15 is 0 Å². The Morgan fingerprint density at radius 2 is 2.17 bits per heavy atom. The average molecular weight is 323 g/mol. The van der Waals surface area contributed by atoms with Crippen molar-refractivity contribution >= 4 is 16.9 Å². The maximum atomic E-state index is 12.6. The van der Waals surface area contributed by atoms with Crippen molar-refractivity contribution in [2.45, 2.75) is 32.2 Å². The standard InChI is InChI=1S/C18H21N5O/c1-2-23-12-14(11-21-23)18(24)22-9-5-13(6-10-22)15-3-7-19-17-16(15)4-8-20-17/h3-4,7-8,11-13H,2,5-6,9-10H2,1H3,(H,19,20). The molecule has 1 N–H and O–H groups in total. The van der Waals surface area contributed by atoms with Crippen molar-refractivity contribution in [3.63, 3.8) is 0 Å². The number of hydrogen-bond donors (Lipinski definition) is 1. The maximum Gasteiger partial charge on any atom is 0.257 e. The van der Waals surface area contributed by atoms with Crippen molar-refractivity contribution in [3.05, 3.63) is 48.0 Å². The zero-order valence-corrected chi connectivity index (χ0v) is 13.8. The van der Waals surface area contributed by atoms with Crippen molar-refractivity contribution in [1.29, 1.82) is 0 Å². The van der Waals surface area contributed by atoms with Crippen LogP contribution in [0, 0.1) is 0 Å². The summed E-state index contributed by atoms with van der Waals surface area (Å²) in [5.74, 6) is 0.573. The topological polar surface area (TPSA) is 66.8 Å². The fourth-order valence-corrected chi connectivity index (χ4v) is 3.56. The highest BCUT2D eigenvalue weighted by Crippen LogP contribution is 2.32. The zero-order chi connectivity index (χ0) is 16.5. The minimum atomic E-state index is 0.0923. The van der Waals surface area contributed by atoms with Gasteiger partial charge in [-0.1, -0.05) is 0 Å². The van der Waals surface area contributed by atoms with Crippen molar-refractivity contribution in [2.75, 3.05) is 13.1 Å². The van der Waals surface area contributed by atoms with E-state index in [4.69, 9.17) is 0 Å². The summed E-state index contributed by atoms with van der Waals surface area (Å²) in [7, 11) is 0. The first-order valence-corrected chi connectivity index (χ1v) is 8.50. The Bertz CT molecular complexity index is 857. The van der Waals surface area contributed by atoms with E-state index in [1.165, 1.54) is 10.9 Å². The molecule has 1 saturated heterocycles. The van der Waals surface area contributed by atoms with E-state index in [2.05, 4.69) is 27.2 Å². The number of nitrogens with zero attached hydrogens (tertiary/aromatic N) is 4. The first-order chi connectivity index (χ1) is 11.8. The Kier molecular flexibility index (Phi) is 3.80. The normalized spacial score (nSPS) is 16.0. The second-order valence-corrected chi connectivity index (χ2v) is 6.29. The third-order valence-corrected chi connectivity index (χ3v) is 4.92. The molecule has 4 heterocycles. The molecule has 1 aliphatic rings. The van der Waals surface area contributed by atoms with Gasteiger partial charge >= 0.3 is 0 Å². The Morgan fingerprint density at radius 1 is 1.33 bits per heavy atom. The van der Waals surface area contributed by atoms with Gasteiger partial charge in [-0.2, -0.15) is 5.10 Å². The molecule has 124 valence electrons. The summed E-state index contributed by atoms with van der Waals surface area (Å²) in [6.45, 7) is 4.37. The smallest absolute Gasteiger partial charge is 0.257 e. The lowest BCUT2D eigenvalue weighted by Gasteiger charge is -2.32. The highest BCUT2D eigenvalue weighted by Gasteiger charge is 2.26. The fraction of sp³-hybridized carbons (Fsp3) is 0.389. The van der Waals surface area contributed by atoms with Crippen molar-refractivity contribution in [3.8, 4) is 0 Å². The Balaban J connectivity index is 1.47. The number of fused-ring (bicyclic) bond motifs is 1. The molecule has 6 heteroatoms. The Labute approximate surface area is 140 Å². The molecular formula is C18H21N5O. The van der Waals surface area contributed by atoms with Crippen molar-refractivity contribution in [2.24, 2.45) is 0 Å². The number of rotatable bonds is 3. The van der Waals surface area contributed by atoms with Crippen LogP contribution < -0.4 is 0 Å². The van der Waals surface area contributed by atoms with E-state index in [9.17, 15) is 4.79 Å². The van der Waals surface area contributed by atoms with E-state index in [1.807, 2.05) is 30.4 Å². The van der Waals surface area contributed by atoms with Gasteiger partial charge in [-0.3, -0.25) is 9.48 Å². The minimum absolute atomic E-state index is 0.0923. The molecule has 1 aliphatic heterocycles. The van der Waals surface area contributed by atoms with E-state index < -0.39 is 0 Å². The number of H-pyrrole nitrogens is 1. The molecule has 3 aromatic rings. The molecule has 0 unspecified atom stereocenters. The largest absolute Gasteiger partial charge is 0.346 e. The van der Waals surface area contributed by atoms with Crippen molar-refractivity contribution < 1.29 is 4.79 Å². The molecule has 0 radical (unpaired) electrons. The van der Waals surface area contributed by atoms with Crippen LogP contribution in [-0.2, 0) is 6.54 Å². The van der Waals surface area contributed by atoms with Gasteiger partial charge in [0.2, 0.25) is 0 Å². The number of carbonyl (C=O) groups is 1. The molecular weight excluding hydrogens is 302 g/mol. The summed E-state index contributed by atoms with van der Waals surface area (Å²) in [6, 6.07) is 4.21. The summed E-state index contributed by atoms with van der Waals surface area (Å²) in [4.78, 5) is 22.1. The Morgan fingerprint density at radius 3 is 2.92 bits per heavy atom. The third kappa shape index (κ3) is 2.58. The number of likely N-dealkylation sites (tertiary alicyclic amines) is 1. The van der Waals surface area contributed by atoms with Gasteiger partial charge in [0.25, 0.3) is 5.91 Å². The van der Waals surface area contributed by atoms with Crippen LogP contribution in [-0.4, -0.2) is 43.6 Å². The maximum absolute atomic E-state index is 12.6. The monoisotopic (exact) mass is 323 g/mol. The highest BCUT2D eigenvalue weighted by molar-refractivity contribution is 5.93. The SMILES string of the molecule is CCn1cc(C(=O)N2CCC(c3ccnc4[nH]ccc34)CC2)cn1. The number of nitrogens with one attached hydrogen (secondary N) is 1. The molecule has 0 aromatic carbocycles. The second-order valence-electron chi connectivity index (χ2n) is 6.29. The van der Waals surface area contributed by atoms with Gasteiger partial charge in [-0.05, 0) is 43.4 Å². The first kappa shape index (κ1) is 14.9. The second kappa shape index (κ2) is 6.11. The lowest BCUT2D eigenvalue weighted by atomic mass is 9.88. The van der Waals surface area contributed by atoms with Crippen molar-refractivity contribution in [1.82, 2.24) is 24.6 Å². The first-order valence-electron chi connectivity index (χ1n) is 8.50. The summed E-state index contributed by atoms with van der Waals surface area (Å²) in [6.07, 6.45) is 9.27. The van der Waals surface area contributed by atoms with Crippen LogP contribution in [0.2, 0.25) is 0 Å². The van der Waals surface area contributed by atoms with Gasteiger partial charge in [0, 0.05) is 43.6 Å². The van der Waals surface area contributed by atoms with E-state index in [1.54, 1.807) is 10.9 Å². The highest BCUT2D eigenvalue weighted by atomic mass is 16.2. The van der Waals surface area contributed by atoms with Gasteiger partial charge in [-0.15, -0.1) is 0 Å². The number of pyridine rings is 1. The summed E-state index contributed by atoms with van der Waals surface area (Å²) in [5.41, 5.74) is 2.97. The average Bonchev–Trinajstić information content (AvgIpc) is 3.30. The van der Waals surface area contributed by atoms with Crippen LogP contribution in [0.1, 0.15) is 41.6 Å². The van der Waals surface area contributed by atoms with Crippen LogP contribution in [0.15, 0.2) is 36.9 Å². The lowest BCUT2D eigenvalue weighted by Crippen LogP contribution is -2.37. The number of aryl methyl sites for hydroxylation is 1. The fourth-order valence-electron chi connectivity index (χ4n) is 3.56. The third-order valence-electron chi connectivity index (χ3n) is 4.92. The lowest BCUT2D eigenvalue weighted by molar-refractivity contribution is 0.0713. The summed E-state index contributed by atoms with van der Waals surface area (Å²) in [5, 5.41) is 5.40. The van der Waals surface area contributed by atoms with Crippen LogP contribution in [0.25, 0.3) is 11.0 Å². The molecule has 1 fully saturated rings. The van der Waals surface area contributed by atoms with Gasteiger partial charge in [0.1, 0.15) is 5.65 Å². The van der Waals surface area contributed by atoms with E-state index in [-0.39, 0.29) is 5.91 Å². The van der Waals surface area contributed by atoms with Gasteiger partial charge < -0.3 is 9.88 Å². The quantitative estimate of drug-likeness (QED) is 0.806. The summed E-state index contributed by atoms with van der Waals surface area (Å²) >= 11 is 0. The van der Waals surface area contributed by atoms with Gasteiger partial charge in [-0.25, -0.2) is 4.98 Å². The molecule has 6 nitrogen and oxygen atoms in total. The van der Waals surface area contributed by atoms with Gasteiger partial charge in [0.05, 0.1) is 11.8 Å². The summed E-state index contributed by atoms with van der Waals surface area (Å²) < 4.78 is 1.79. The molecule has 4 rings (SSSR count). The predicted octanol–water partition coefficient (Wildman–Crippen LogP) is 2.80. The molecule has 0 aliphatic carbocycles. The van der Waals surface area contributed by atoms with Gasteiger partial charge in [0.15, 0.2) is 0 Å². The number of aromatic amines is 1. The molecule has 3 aromatic heterocycles. The minimum Gasteiger partial charge on any atom is -0.346 e. The number of hydrogen-bond acceptors (Lipinski definition) is 3. The van der Waals surface area contributed by atoms with Crippen LogP contribution in [0.5, 0.6) is 0 Å². The molecule has 0 spiro atoms.